The Kier molecular flexibility index (Phi) is 4.81. The van der Waals surface area contributed by atoms with E-state index in [0.717, 1.165) is 12.6 Å². The van der Waals surface area contributed by atoms with Crippen molar-refractivity contribution >= 4 is 11.8 Å². The van der Waals surface area contributed by atoms with Gasteiger partial charge in [0.2, 0.25) is 0 Å². The molecular formula is C16H24N2S. The van der Waals surface area contributed by atoms with Crippen LogP contribution in [0.2, 0.25) is 0 Å². The third-order valence-corrected chi connectivity index (χ3v) is 4.96. The van der Waals surface area contributed by atoms with Crippen LogP contribution in [-0.4, -0.2) is 36.3 Å². The predicted octanol–water partition coefficient (Wildman–Crippen LogP) is 3.13. The molecule has 3 heteroatoms. The topological polar surface area (TPSA) is 15.3 Å². The minimum absolute atomic E-state index is 0.800. The molecule has 1 aliphatic carbocycles. The van der Waals surface area contributed by atoms with E-state index in [0.29, 0.717) is 0 Å². The smallest absolute Gasteiger partial charge is 0.0208 e. The zero-order valence-electron chi connectivity index (χ0n) is 11.6. The van der Waals surface area contributed by atoms with Gasteiger partial charge in [-0.1, -0.05) is 12.1 Å². The highest BCUT2D eigenvalue weighted by Crippen LogP contribution is 2.21. The predicted molar refractivity (Wildman–Crippen MR) is 82.7 cm³/mol. The number of thioether (sulfide) groups is 1. The average molecular weight is 276 g/mol. The minimum Gasteiger partial charge on any atom is -0.310 e. The molecule has 0 atom stereocenters. The summed E-state index contributed by atoms with van der Waals surface area (Å²) in [5.74, 6) is 1.22. The molecule has 1 heterocycles. The SMILES string of the molecule is c1cc(SCCN2CCCC2)ccc1CNC1CC1. The molecule has 2 aliphatic rings. The largest absolute Gasteiger partial charge is 0.310 e. The van der Waals surface area contributed by atoms with Crippen LogP contribution in [-0.2, 0) is 6.54 Å². The second kappa shape index (κ2) is 6.78. The van der Waals surface area contributed by atoms with Gasteiger partial charge < -0.3 is 10.2 Å². The Morgan fingerprint density at radius 3 is 2.53 bits per heavy atom. The van der Waals surface area contributed by atoms with Gasteiger partial charge in [-0.2, -0.15) is 0 Å². The van der Waals surface area contributed by atoms with Crippen LogP contribution in [0.4, 0.5) is 0 Å². The van der Waals surface area contributed by atoms with E-state index in [1.807, 2.05) is 11.8 Å². The Bertz CT molecular complexity index is 380. The van der Waals surface area contributed by atoms with E-state index in [9.17, 15) is 0 Å². The number of hydrogen-bond donors (Lipinski definition) is 1. The lowest BCUT2D eigenvalue weighted by atomic mass is 10.2. The fourth-order valence-corrected chi connectivity index (χ4v) is 3.47. The van der Waals surface area contributed by atoms with E-state index in [-0.39, 0.29) is 0 Å². The number of hydrogen-bond acceptors (Lipinski definition) is 3. The van der Waals surface area contributed by atoms with Crippen LogP contribution in [0, 0.1) is 0 Å². The van der Waals surface area contributed by atoms with Crippen molar-refractivity contribution in [1.29, 1.82) is 0 Å². The Morgan fingerprint density at radius 2 is 1.84 bits per heavy atom. The first-order valence-corrected chi connectivity index (χ1v) is 8.56. The first kappa shape index (κ1) is 13.5. The quantitative estimate of drug-likeness (QED) is 0.770. The summed E-state index contributed by atoms with van der Waals surface area (Å²) in [6.07, 6.45) is 5.52. The van der Waals surface area contributed by atoms with Gasteiger partial charge in [-0.15, -0.1) is 11.8 Å². The molecule has 1 aliphatic heterocycles. The summed E-state index contributed by atoms with van der Waals surface area (Å²) in [7, 11) is 0. The third-order valence-electron chi connectivity index (χ3n) is 3.97. The van der Waals surface area contributed by atoms with Crippen LogP contribution < -0.4 is 5.32 Å². The molecule has 19 heavy (non-hydrogen) atoms. The van der Waals surface area contributed by atoms with E-state index in [1.54, 1.807) is 0 Å². The highest BCUT2D eigenvalue weighted by molar-refractivity contribution is 7.99. The zero-order valence-corrected chi connectivity index (χ0v) is 12.4. The van der Waals surface area contributed by atoms with Crippen LogP contribution in [0.15, 0.2) is 29.2 Å². The molecule has 1 saturated carbocycles. The Morgan fingerprint density at radius 1 is 1.11 bits per heavy atom. The summed E-state index contributed by atoms with van der Waals surface area (Å²) >= 11 is 1.99. The molecule has 3 rings (SSSR count). The lowest BCUT2D eigenvalue weighted by molar-refractivity contribution is 0.362. The molecular weight excluding hydrogens is 252 g/mol. The highest BCUT2D eigenvalue weighted by Gasteiger charge is 2.19. The van der Waals surface area contributed by atoms with Gasteiger partial charge in [0.15, 0.2) is 0 Å². The van der Waals surface area contributed by atoms with Gasteiger partial charge >= 0.3 is 0 Å². The van der Waals surface area contributed by atoms with E-state index < -0.39 is 0 Å². The molecule has 0 unspecified atom stereocenters. The van der Waals surface area contributed by atoms with Crippen LogP contribution >= 0.6 is 11.8 Å². The number of likely N-dealkylation sites (tertiary alicyclic amines) is 1. The fourth-order valence-electron chi connectivity index (χ4n) is 2.55. The van der Waals surface area contributed by atoms with Crippen molar-refractivity contribution < 1.29 is 0 Å². The first-order chi connectivity index (χ1) is 9.40. The number of nitrogens with zero attached hydrogens (tertiary/aromatic N) is 1. The Labute approximate surface area is 121 Å². The summed E-state index contributed by atoms with van der Waals surface area (Å²) in [6, 6.07) is 9.90. The number of rotatable bonds is 7. The van der Waals surface area contributed by atoms with Crippen molar-refractivity contribution in [3.63, 3.8) is 0 Å². The van der Waals surface area contributed by atoms with Gasteiger partial charge in [0.1, 0.15) is 0 Å². The standard InChI is InChI=1S/C16H24N2S/c1-2-10-18(9-1)11-12-19-16-7-3-14(4-8-16)13-17-15-5-6-15/h3-4,7-8,15,17H,1-2,5-6,9-13H2. The van der Waals surface area contributed by atoms with Crippen molar-refractivity contribution in [3.8, 4) is 0 Å². The molecule has 0 spiro atoms. The normalized spacial score (nSPS) is 20.0. The molecule has 0 amide bonds. The van der Waals surface area contributed by atoms with E-state index in [2.05, 4.69) is 34.5 Å². The lowest BCUT2D eigenvalue weighted by Crippen LogP contribution is -2.21. The molecule has 104 valence electrons. The Hall–Kier alpha value is -0.510. The van der Waals surface area contributed by atoms with Crippen LogP contribution in [0.25, 0.3) is 0 Å². The summed E-state index contributed by atoms with van der Waals surface area (Å²) in [5.41, 5.74) is 1.41. The number of nitrogens with one attached hydrogen (secondary N) is 1. The maximum atomic E-state index is 3.56. The monoisotopic (exact) mass is 276 g/mol. The molecule has 1 saturated heterocycles. The van der Waals surface area contributed by atoms with Crippen molar-refractivity contribution in [3.05, 3.63) is 29.8 Å². The van der Waals surface area contributed by atoms with Crippen molar-refractivity contribution in [2.75, 3.05) is 25.4 Å². The minimum atomic E-state index is 0.800. The second-order valence-electron chi connectivity index (χ2n) is 5.70. The first-order valence-electron chi connectivity index (χ1n) is 7.58. The fraction of sp³-hybridized carbons (Fsp3) is 0.625. The van der Waals surface area contributed by atoms with E-state index in [1.165, 1.54) is 61.5 Å². The molecule has 1 N–H and O–H groups in total. The molecule has 0 aromatic heterocycles. The lowest BCUT2D eigenvalue weighted by Gasteiger charge is -2.13. The maximum absolute atomic E-state index is 3.56. The van der Waals surface area contributed by atoms with E-state index in [4.69, 9.17) is 0 Å². The highest BCUT2D eigenvalue weighted by atomic mass is 32.2. The van der Waals surface area contributed by atoms with Gasteiger partial charge in [0.25, 0.3) is 0 Å². The van der Waals surface area contributed by atoms with Gasteiger partial charge in [-0.3, -0.25) is 0 Å². The molecule has 1 aromatic rings. The molecule has 0 bridgehead atoms. The van der Waals surface area contributed by atoms with Crippen molar-refractivity contribution in [2.45, 2.75) is 43.2 Å². The zero-order chi connectivity index (χ0) is 12.9. The van der Waals surface area contributed by atoms with Crippen LogP contribution in [0.3, 0.4) is 0 Å². The van der Waals surface area contributed by atoms with Crippen molar-refractivity contribution in [1.82, 2.24) is 10.2 Å². The van der Waals surface area contributed by atoms with Gasteiger partial charge in [-0.25, -0.2) is 0 Å². The van der Waals surface area contributed by atoms with Crippen LogP contribution in [0.5, 0.6) is 0 Å². The number of benzene rings is 1. The van der Waals surface area contributed by atoms with E-state index >= 15 is 0 Å². The average Bonchev–Trinajstić information content (AvgIpc) is 3.13. The maximum Gasteiger partial charge on any atom is 0.0208 e. The summed E-state index contributed by atoms with van der Waals surface area (Å²) in [6.45, 7) is 4.90. The summed E-state index contributed by atoms with van der Waals surface area (Å²) in [5, 5.41) is 3.56. The summed E-state index contributed by atoms with van der Waals surface area (Å²) < 4.78 is 0. The molecule has 2 nitrogen and oxygen atoms in total. The van der Waals surface area contributed by atoms with Gasteiger partial charge in [0.05, 0.1) is 0 Å². The molecule has 1 aromatic carbocycles. The Balaban J connectivity index is 1.37. The molecule has 0 radical (unpaired) electrons. The van der Waals surface area contributed by atoms with Crippen LogP contribution in [0.1, 0.15) is 31.2 Å². The summed E-state index contributed by atoms with van der Waals surface area (Å²) in [4.78, 5) is 4.00. The van der Waals surface area contributed by atoms with Gasteiger partial charge in [0, 0.05) is 29.8 Å². The van der Waals surface area contributed by atoms with Crippen molar-refractivity contribution in [2.24, 2.45) is 0 Å². The third kappa shape index (κ3) is 4.51. The second-order valence-corrected chi connectivity index (χ2v) is 6.86. The van der Waals surface area contributed by atoms with Gasteiger partial charge in [-0.05, 0) is 56.5 Å². The molecule has 2 fully saturated rings.